The Hall–Kier alpha value is -0.610. The van der Waals surface area contributed by atoms with E-state index in [9.17, 15) is 0 Å². The minimum absolute atomic E-state index is 0.813. The summed E-state index contributed by atoms with van der Waals surface area (Å²) in [6.45, 7) is 5.17. The van der Waals surface area contributed by atoms with E-state index in [1.165, 1.54) is 5.71 Å². The van der Waals surface area contributed by atoms with Crippen LogP contribution in [-0.4, -0.2) is 50.2 Å². The van der Waals surface area contributed by atoms with Crippen molar-refractivity contribution in [1.29, 1.82) is 0 Å². The van der Waals surface area contributed by atoms with E-state index in [4.69, 9.17) is 9.47 Å². The number of rotatable bonds is 1. The van der Waals surface area contributed by atoms with Crippen LogP contribution >= 0.6 is 0 Å². The van der Waals surface area contributed by atoms with Crippen LogP contribution in [-0.2, 0) is 9.47 Å². The SMILES string of the molecule is C1CC(=NN2CCOCC2)CCO1. The van der Waals surface area contributed by atoms with Crippen molar-refractivity contribution < 1.29 is 9.47 Å². The first-order chi connectivity index (χ1) is 6.45. The molecule has 0 radical (unpaired) electrons. The van der Waals surface area contributed by atoms with E-state index < -0.39 is 0 Å². The van der Waals surface area contributed by atoms with Crippen molar-refractivity contribution in [1.82, 2.24) is 5.01 Å². The van der Waals surface area contributed by atoms with Crippen molar-refractivity contribution in [2.75, 3.05) is 39.5 Å². The van der Waals surface area contributed by atoms with Crippen LogP contribution < -0.4 is 0 Å². The first kappa shape index (κ1) is 8.97. The molecule has 2 rings (SSSR count). The molecule has 0 saturated carbocycles. The lowest BCUT2D eigenvalue weighted by molar-refractivity contribution is 0.0384. The number of hydrogen-bond donors (Lipinski definition) is 0. The van der Waals surface area contributed by atoms with Crippen molar-refractivity contribution in [2.45, 2.75) is 12.8 Å². The molecule has 2 fully saturated rings. The Morgan fingerprint density at radius 2 is 1.54 bits per heavy atom. The van der Waals surface area contributed by atoms with Crippen LogP contribution in [0.4, 0.5) is 0 Å². The first-order valence-electron chi connectivity index (χ1n) is 4.92. The Morgan fingerprint density at radius 3 is 2.23 bits per heavy atom. The summed E-state index contributed by atoms with van der Waals surface area (Å²) >= 11 is 0. The third-order valence-corrected chi connectivity index (χ3v) is 2.34. The van der Waals surface area contributed by atoms with Gasteiger partial charge in [-0.1, -0.05) is 0 Å². The van der Waals surface area contributed by atoms with Crippen LogP contribution in [0.1, 0.15) is 12.8 Å². The molecule has 2 heterocycles. The molecule has 0 bridgehead atoms. The molecule has 2 saturated heterocycles. The van der Waals surface area contributed by atoms with Crippen LogP contribution in [0.2, 0.25) is 0 Å². The van der Waals surface area contributed by atoms with Gasteiger partial charge in [0.05, 0.1) is 39.5 Å². The third-order valence-electron chi connectivity index (χ3n) is 2.34. The van der Waals surface area contributed by atoms with Crippen molar-refractivity contribution in [3.05, 3.63) is 0 Å². The van der Waals surface area contributed by atoms with Gasteiger partial charge in [-0.25, -0.2) is 0 Å². The lowest BCUT2D eigenvalue weighted by atomic mass is 10.2. The predicted octanol–water partition coefficient (Wildman–Crippen LogP) is 0.485. The summed E-state index contributed by atoms with van der Waals surface area (Å²) in [5, 5.41) is 6.70. The van der Waals surface area contributed by atoms with Gasteiger partial charge in [-0.2, -0.15) is 5.10 Å². The number of ether oxygens (including phenoxy) is 2. The monoisotopic (exact) mass is 184 g/mol. The minimum Gasteiger partial charge on any atom is -0.381 e. The molecule has 0 aromatic rings. The Morgan fingerprint density at radius 1 is 0.923 bits per heavy atom. The third kappa shape index (κ3) is 2.67. The van der Waals surface area contributed by atoms with Crippen LogP contribution in [0, 0.1) is 0 Å². The van der Waals surface area contributed by atoms with E-state index in [2.05, 4.69) is 10.1 Å². The van der Waals surface area contributed by atoms with Gasteiger partial charge in [-0.3, -0.25) is 5.01 Å². The van der Waals surface area contributed by atoms with Gasteiger partial charge in [0.25, 0.3) is 0 Å². The van der Waals surface area contributed by atoms with Crippen LogP contribution in [0.3, 0.4) is 0 Å². The maximum absolute atomic E-state index is 5.26. The van der Waals surface area contributed by atoms with Crippen molar-refractivity contribution in [2.24, 2.45) is 5.10 Å². The predicted molar refractivity (Wildman–Crippen MR) is 49.9 cm³/mol. The zero-order valence-electron chi connectivity index (χ0n) is 7.87. The average Bonchev–Trinajstić information content (AvgIpc) is 2.21. The van der Waals surface area contributed by atoms with E-state index >= 15 is 0 Å². The molecule has 0 atom stereocenters. The highest BCUT2D eigenvalue weighted by molar-refractivity contribution is 5.84. The minimum atomic E-state index is 0.813. The topological polar surface area (TPSA) is 34.1 Å². The molecule has 0 aromatic carbocycles. The van der Waals surface area contributed by atoms with E-state index in [-0.39, 0.29) is 0 Å². The van der Waals surface area contributed by atoms with Gasteiger partial charge >= 0.3 is 0 Å². The molecule has 74 valence electrons. The largest absolute Gasteiger partial charge is 0.381 e. The van der Waals surface area contributed by atoms with E-state index in [1.54, 1.807) is 0 Å². The number of hydrogen-bond acceptors (Lipinski definition) is 4. The Kier molecular flexibility index (Phi) is 3.16. The zero-order valence-corrected chi connectivity index (χ0v) is 7.87. The Labute approximate surface area is 78.5 Å². The molecule has 13 heavy (non-hydrogen) atoms. The molecule has 0 aromatic heterocycles. The smallest absolute Gasteiger partial charge is 0.0659 e. The first-order valence-corrected chi connectivity index (χ1v) is 4.92. The van der Waals surface area contributed by atoms with Crippen LogP contribution in [0.15, 0.2) is 5.10 Å². The average molecular weight is 184 g/mol. The lowest BCUT2D eigenvalue weighted by Gasteiger charge is -2.26. The fourth-order valence-electron chi connectivity index (χ4n) is 1.56. The molecule has 0 spiro atoms. The lowest BCUT2D eigenvalue weighted by Crippen LogP contribution is -2.33. The summed E-state index contributed by atoms with van der Waals surface area (Å²) in [7, 11) is 0. The summed E-state index contributed by atoms with van der Waals surface area (Å²) in [6, 6.07) is 0. The Balaban J connectivity index is 1.85. The van der Waals surface area contributed by atoms with Gasteiger partial charge in [-0.05, 0) is 0 Å². The molecule has 0 N–H and O–H groups in total. The second-order valence-corrected chi connectivity index (χ2v) is 3.34. The molecule has 2 aliphatic rings. The summed E-state index contributed by atoms with van der Waals surface area (Å²) in [5.41, 5.74) is 1.29. The highest BCUT2D eigenvalue weighted by Crippen LogP contribution is 2.06. The maximum atomic E-state index is 5.26. The summed E-state index contributed by atoms with van der Waals surface area (Å²) in [4.78, 5) is 0. The molecular formula is C9H16N2O2. The molecule has 4 heteroatoms. The molecule has 0 unspecified atom stereocenters. The van der Waals surface area contributed by atoms with E-state index in [0.29, 0.717) is 0 Å². The standard InChI is InChI=1S/C9H16N2O2/c1-5-12-6-2-9(1)10-11-3-7-13-8-4-11/h1-8H2. The van der Waals surface area contributed by atoms with Crippen molar-refractivity contribution >= 4 is 5.71 Å². The van der Waals surface area contributed by atoms with Gasteiger partial charge < -0.3 is 9.47 Å². The molecule has 2 aliphatic heterocycles. The van der Waals surface area contributed by atoms with Crippen LogP contribution in [0.5, 0.6) is 0 Å². The number of hydrazone groups is 1. The summed E-state index contributed by atoms with van der Waals surface area (Å²) in [6.07, 6.45) is 1.99. The quantitative estimate of drug-likeness (QED) is 0.594. The zero-order chi connectivity index (χ0) is 8.93. The number of morpholine rings is 1. The van der Waals surface area contributed by atoms with Crippen LogP contribution in [0.25, 0.3) is 0 Å². The normalized spacial score (nSPS) is 24.6. The molecule has 4 nitrogen and oxygen atoms in total. The highest BCUT2D eigenvalue weighted by Gasteiger charge is 2.11. The maximum Gasteiger partial charge on any atom is 0.0659 e. The summed E-state index contributed by atoms with van der Waals surface area (Å²) < 4.78 is 10.5. The highest BCUT2D eigenvalue weighted by atomic mass is 16.5. The fourth-order valence-corrected chi connectivity index (χ4v) is 1.56. The van der Waals surface area contributed by atoms with Gasteiger partial charge in [0.2, 0.25) is 0 Å². The van der Waals surface area contributed by atoms with Crippen molar-refractivity contribution in [3.63, 3.8) is 0 Å². The molecular weight excluding hydrogens is 168 g/mol. The van der Waals surface area contributed by atoms with E-state index in [1.807, 2.05) is 0 Å². The van der Waals surface area contributed by atoms with Crippen molar-refractivity contribution in [3.8, 4) is 0 Å². The van der Waals surface area contributed by atoms with Gasteiger partial charge in [-0.15, -0.1) is 0 Å². The number of nitrogens with zero attached hydrogens (tertiary/aromatic N) is 2. The van der Waals surface area contributed by atoms with E-state index in [0.717, 1.165) is 52.4 Å². The molecule has 0 aliphatic carbocycles. The van der Waals surface area contributed by atoms with Gasteiger partial charge in [0, 0.05) is 18.6 Å². The molecule has 0 amide bonds. The second-order valence-electron chi connectivity index (χ2n) is 3.34. The summed E-state index contributed by atoms with van der Waals surface area (Å²) in [5.74, 6) is 0. The van der Waals surface area contributed by atoms with Gasteiger partial charge in [0.15, 0.2) is 0 Å². The second kappa shape index (κ2) is 4.58. The fraction of sp³-hybridized carbons (Fsp3) is 0.889. The van der Waals surface area contributed by atoms with Gasteiger partial charge in [0.1, 0.15) is 0 Å². The Bertz CT molecular complexity index is 180.